The number of fused-ring (bicyclic) bond motifs is 4. The number of pyridine rings is 1. The number of rotatable bonds is 7. The topological polar surface area (TPSA) is 149 Å². The second-order valence-electron chi connectivity index (χ2n) is 9.78. The summed E-state index contributed by atoms with van der Waals surface area (Å²) in [7, 11) is 1.58. The lowest BCUT2D eigenvalue weighted by Gasteiger charge is -2.43. The van der Waals surface area contributed by atoms with E-state index in [2.05, 4.69) is 5.32 Å². The Hall–Kier alpha value is -3.74. The number of nitrogens with zero attached hydrogens (tertiary/aromatic N) is 3. The van der Waals surface area contributed by atoms with Crippen LogP contribution in [-0.4, -0.2) is 70.2 Å². The number of methoxy groups -OCH3 is 1. The molecule has 0 aliphatic carbocycles. The molecule has 4 atom stereocenters. The fourth-order valence-corrected chi connectivity index (χ4v) is 5.58. The Balaban J connectivity index is 1.21. The number of amides is 4. The molecule has 1 aromatic heterocycles. The SMILES string of the molecule is COc1ccc(CCN2C(=O)N[C@@H](CC(=O)N3C[C@H]4C[C@@H](C3)c3ccc([NH+]([O-])O)c(=O)n3C4)C2=O)cc1. The predicted octanol–water partition coefficient (Wildman–Crippen LogP) is -0.241. The summed E-state index contributed by atoms with van der Waals surface area (Å²) >= 11 is 0. The Morgan fingerprint density at radius 1 is 1.14 bits per heavy atom. The molecule has 5 rings (SSSR count). The van der Waals surface area contributed by atoms with Crippen LogP contribution in [0.1, 0.15) is 30.0 Å². The van der Waals surface area contributed by atoms with E-state index in [-0.39, 0.29) is 36.4 Å². The fourth-order valence-electron chi connectivity index (χ4n) is 5.58. The summed E-state index contributed by atoms with van der Waals surface area (Å²) in [5.41, 5.74) is 0.895. The summed E-state index contributed by atoms with van der Waals surface area (Å²) < 4.78 is 6.66. The summed E-state index contributed by atoms with van der Waals surface area (Å²) in [5.74, 6) is -0.0149. The highest BCUT2D eigenvalue weighted by Gasteiger charge is 2.42. The number of carbonyl (C=O) groups excluding carboxylic acids is 3. The van der Waals surface area contributed by atoms with Gasteiger partial charge in [0, 0.05) is 43.9 Å². The number of nitrogens with one attached hydrogen (secondary N) is 2. The molecule has 0 saturated carbocycles. The zero-order valence-corrected chi connectivity index (χ0v) is 20.4. The van der Waals surface area contributed by atoms with Gasteiger partial charge >= 0.3 is 11.6 Å². The maximum Gasteiger partial charge on any atom is 0.324 e. The Labute approximate surface area is 212 Å². The quantitative estimate of drug-likeness (QED) is 0.343. The first-order chi connectivity index (χ1) is 17.7. The summed E-state index contributed by atoms with van der Waals surface area (Å²) in [6.07, 6.45) is 1.16. The molecule has 4 amide bonds. The van der Waals surface area contributed by atoms with Crippen LogP contribution in [0.3, 0.4) is 0 Å². The molecule has 3 N–H and O–H groups in total. The Morgan fingerprint density at radius 2 is 1.89 bits per heavy atom. The predicted molar refractivity (Wildman–Crippen MR) is 129 cm³/mol. The van der Waals surface area contributed by atoms with E-state index in [9.17, 15) is 29.6 Å². The Morgan fingerprint density at radius 3 is 2.59 bits per heavy atom. The van der Waals surface area contributed by atoms with Gasteiger partial charge in [-0.25, -0.2) is 10.0 Å². The minimum absolute atomic E-state index is 0.00631. The van der Waals surface area contributed by atoms with Crippen LogP contribution in [0, 0.1) is 11.1 Å². The van der Waals surface area contributed by atoms with E-state index in [0.717, 1.165) is 28.3 Å². The van der Waals surface area contributed by atoms with E-state index in [1.165, 1.54) is 10.6 Å². The van der Waals surface area contributed by atoms with Crippen LogP contribution in [0.2, 0.25) is 0 Å². The average molecular weight is 512 g/mol. The Bertz CT molecular complexity index is 1280. The van der Waals surface area contributed by atoms with Crippen LogP contribution in [0.4, 0.5) is 10.5 Å². The van der Waals surface area contributed by atoms with Crippen LogP contribution in [0.25, 0.3) is 0 Å². The van der Waals surface area contributed by atoms with Crippen molar-refractivity contribution in [2.24, 2.45) is 5.92 Å². The normalized spacial score (nSPS) is 23.5. The van der Waals surface area contributed by atoms with Crippen molar-refractivity contribution < 1.29 is 29.6 Å². The van der Waals surface area contributed by atoms with E-state index in [1.54, 1.807) is 18.1 Å². The van der Waals surface area contributed by atoms with Gasteiger partial charge in [0.1, 0.15) is 11.8 Å². The second-order valence-corrected chi connectivity index (χ2v) is 9.78. The molecule has 12 nitrogen and oxygen atoms in total. The third-order valence-corrected chi connectivity index (χ3v) is 7.46. The van der Waals surface area contributed by atoms with E-state index >= 15 is 0 Å². The number of imide groups is 1. The number of ether oxygens (including phenoxy) is 1. The van der Waals surface area contributed by atoms with Gasteiger partial charge in [-0.05, 0) is 42.5 Å². The van der Waals surface area contributed by atoms with Crippen molar-refractivity contribution in [1.82, 2.24) is 19.7 Å². The first-order valence-electron chi connectivity index (χ1n) is 12.2. The maximum absolute atomic E-state index is 13.2. The lowest BCUT2D eigenvalue weighted by atomic mass is 9.83. The standard InChI is InChI=1S/C25H29N5O7/c1-37-18-4-2-15(3-5-18)8-9-28-23(32)19(26-25(28)34)11-22(31)27-12-16-10-17(14-27)20-6-7-21(30(35)36)24(33)29(20)13-16/h2-7,16-17,19,30,35H,8-14H2,1H3,(H,26,34)/t16-,17+,19+/m1/s1. The molecule has 1 unspecified atom stereocenters. The van der Waals surface area contributed by atoms with E-state index in [1.807, 2.05) is 24.3 Å². The van der Waals surface area contributed by atoms with Crippen LogP contribution >= 0.6 is 0 Å². The Kier molecular flexibility index (Phi) is 6.71. The van der Waals surface area contributed by atoms with Gasteiger partial charge in [0.2, 0.25) is 11.6 Å². The van der Waals surface area contributed by atoms with Gasteiger partial charge in [-0.1, -0.05) is 12.1 Å². The van der Waals surface area contributed by atoms with Crippen molar-refractivity contribution in [3.63, 3.8) is 0 Å². The molecule has 2 bridgehead atoms. The first kappa shape index (κ1) is 24.9. The van der Waals surface area contributed by atoms with Gasteiger partial charge in [-0.15, -0.1) is 0 Å². The second kappa shape index (κ2) is 9.96. The van der Waals surface area contributed by atoms with Crippen molar-refractivity contribution in [3.05, 3.63) is 63.2 Å². The molecule has 2 fully saturated rings. The van der Waals surface area contributed by atoms with Gasteiger partial charge in [0.25, 0.3) is 5.91 Å². The lowest BCUT2D eigenvalue weighted by molar-refractivity contribution is -0.992. The summed E-state index contributed by atoms with van der Waals surface area (Å²) in [5, 5.41) is 22.0. The van der Waals surface area contributed by atoms with Crippen molar-refractivity contribution >= 4 is 23.5 Å². The number of urea groups is 1. The molecule has 2 saturated heterocycles. The number of carbonyl (C=O) groups is 3. The van der Waals surface area contributed by atoms with Crippen molar-refractivity contribution in [2.75, 3.05) is 26.7 Å². The van der Waals surface area contributed by atoms with Crippen LogP contribution in [-0.2, 0) is 22.6 Å². The average Bonchev–Trinajstić information content (AvgIpc) is 3.15. The highest BCUT2D eigenvalue weighted by atomic mass is 16.8. The van der Waals surface area contributed by atoms with Crippen LogP contribution in [0.5, 0.6) is 5.75 Å². The lowest BCUT2D eigenvalue weighted by Crippen LogP contribution is -3.00. The number of quaternary nitrogens is 1. The van der Waals surface area contributed by atoms with Gasteiger partial charge < -0.3 is 24.7 Å². The van der Waals surface area contributed by atoms with Crippen molar-refractivity contribution in [2.45, 2.75) is 37.8 Å². The van der Waals surface area contributed by atoms with E-state index < -0.39 is 28.8 Å². The molecule has 0 radical (unpaired) electrons. The molecule has 1 aromatic carbocycles. The number of piperidine rings is 1. The zero-order chi connectivity index (χ0) is 26.3. The first-order valence-corrected chi connectivity index (χ1v) is 12.2. The number of aromatic nitrogens is 1. The summed E-state index contributed by atoms with van der Waals surface area (Å²) in [4.78, 5) is 54.0. The monoisotopic (exact) mass is 511 g/mol. The third kappa shape index (κ3) is 4.82. The van der Waals surface area contributed by atoms with E-state index in [4.69, 9.17) is 4.74 Å². The van der Waals surface area contributed by atoms with Crippen molar-refractivity contribution in [3.8, 4) is 5.75 Å². The van der Waals surface area contributed by atoms with Crippen LogP contribution < -0.4 is 20.8 Å². The molecule has 2 aromatic rings. The molecule has 0 spiro atoms. The number of benzene rings is 1. The maximum atomic E-state index is 13.2. The van der Waals surface area contributed by atoms with E-state index in [0.29, 0.717) is 26.1 Å². The van der Waals surface area contributed by atoms with Gasteiger partial charge in [0.15, 0.2) is 0 Å². The largest absolute Gasteiger partial charge is 0.595 e. The molecule has 3 aliphatic rings. The molecule has 4 heterocycles. The number of likely N-dealkylation sites (tertiary alicyclic amines) is 1. The highest BCUT2D eigenvalue weighted by molar-refractivity contribution is 6.05. The zero-order valence-electron chi connectivity index (χ0n) is 20.4. The minimum atomic E-state index is -1.26. The third-order valence-electron chi connectivity index (χ3n) is 7.46. The molecule has 37 heavy (non-hydrogen) atoms. The van der Waals surface area contributed by atoms with Gasteiger partial charge in [-0.3, -0.25) is 19.3 Å². The molecule has 12 heteroatoms. The number of hydrogen-bond donors (Lipinski definition) is 3. The molecule has 196 valence electrons. The van der Waals surface area contributed by atoms with Gasteiger partial charge in [-0.2, -0.15) is 5.23 Å². The molecule has 3 aliphatic heterocycles. The summed E-state index contributed by atoms with van der Waals surface area (Å²) in [6.45, 7) is 1.33. The minimum Gasteiger partial charge on any atom is -0.595 e. The van der Waals surface area contributed by atoms with Crippen LogP contribution in [0.15, 0.2) is 41.2 Å². The van der Waals surface area contributed by atoms with Gasteiger partial charge in [0.05, 0.1) is 13.5 Å². The fraction of sp³-hybridized carbons (Fsp3) is 0.440. The van der Waals surface area contributed by atoms with Crippen molar-refractivity contribution in [1.29, 1.82) is 0 Å². The number of hydrogen-bond acceptors (Lipinski definition) is 7. The molecular weight excluding hydrogens is 482 g/mol. The summed E-state index contributed by atoms with van der Waals surface area (Å²) in [6, 6.07) is 8.94. The smallest absolute Gasteiger partial charge is 0.324 e. The molecular formula is C25H29N5O7. The highest BCUT2D eigenvalue weighted by Crippen LogP contribution is 2.35.